The fourth-order valence-corrected chi connectivity index (χ4v) is 3.76. The second-order valence-electron chi connectivity index (χ2n) is 6.98. The quantitative estimate of drug-likeness (QED) is 0.839. The van der Waals surface area contributed by atoms with E-state index in [1.54, 1.807) is 6.92 Å². The van der Waals surface area contributed by atoms with Crippen molar-refractivity contribution >= 4 is 15.7 Å². The van der Waals surface area contributed by atoms with Crippen LogP contribution in [-0.4, -0.2) is 15.0 Å². The van der Waals surface area contributed by atoms with Gasteiger partial charge in [0.25, 0.3) is 0 Å². The second-order valence-corrected chi connectivity index (χ2v) is 8.68. The highest BCUT2D eigenvalue weighted by atomic mass is 32.2. The standard InChI is InChI=1S/C16H28N2O2S/c1-10-8-14(17)13(4)15(12(10)3)21(19,20)18-9-11(2)16(5,6)7/h8,11,18H,9,17H2,1-7H3. The van der Waals surface area contributed by atoms with Gasteiger partial charge in [0.1, 0.15) is 0 Å². The van der Waals surface area contributed by atoms with Crippen LogP contribution in [0.25, 0.3) is 0 Å². The molecule has 1 rings (SSSR count). The SMILES string of the molecule is Cc1cc(N)c(C)c(S(=O)(=O)NCC(C)C(C)(C)C)c1C. The smallest absolute Gasteiger partial charge is 0.241 e. The van der Waals surface area contributed by atoms with Crippen molar-refractivity contribution in [1.29, 1.82) is 0 Å². The highest BCUT2D eigenvalue weighted by Gasteiger charge is 2.25. The number of hydrogen-bond acceptors (Lipinski definition) is 3. The molecule has 1 aromatic carbocycles. The summed E-state index contributed by atoms with van der Waals surface area (Å²) in [7, 11) is -3.55. The Morgan fingerprint density at radius 3 is 2.19 bits per heavy atom. The number of rotatable bonds is 4. The number of nitrogens with one attached hydrogen (secondary N) is 1. The van der Waals surface area contributed by atoms with Crippen LogP contribution in [0.15, 0.2) is 11.0 Å². The highest BCUT2D eigenvalue weighted by Crippen LogP contribution is 2.29. The van der Waals surface area contributed by atoms with Crippen LogP contribution in [0.1, 0.15) is 44.4 Å². The molecule has 0 bridgehead atoms. The molecule has 0 saturated carbocycles. The van der Waals surface area contributed by atoms with Gasteiger partial charge in [-0.1, -0.05) is 27.7 Å². The Morgan fingerprint density at radius 1 is 1.19 bits per heavy atom. The molecular formula is C16H28N2O2S. The molecule has 21 heavy (non-hydrogen) atoms. The summed E-state index contributed by atoms with van der Waals surface area (Å²) in [5.41, 5.74) is 8.76. The lowest BCUT2D eigenvalue weighted by atomic mass is 9.82. The van der Waals surface area contributed by atoms with Crippen molar-refractivity contribution in [1.82, 2.24) is 4.72 Å². The largest absolute Gasteiger partial charge is 0.398 e. The maximum Gasteiger partial charge on any atom is 0.241 e. The van der Waals surface area contributed by atoms with E-state index in [4.69, 9.17) is 5.73 Å². The molecule has 1 unspecified atom stereocenters. The van der Waals surface area contributed by atoms with Gasteiger partial charge in [-0.25, -0.2) is 13.1 Å². The van der Waals surface area contributed by atoms with E-state index in [9.17, 15) is 8.42 Å². The molecule has 4 nitrogen and oxygen atoms in total. The van der Waals surface area contributed by atoms with Crippen LogP contribution in [0.2, 0.25) is 0 Å². The van der Waals surface area contributed by atoms with Gasteiger partial charge in [-0.15, -0.1) is 0 Å². The summed E-state index contributed by atoms with van der Waals surface area (Å²) in [5.74, 6) is 0.232. The first-order chi connectivity index (χ1) is 9.38. The molecule has 0 aliphatic carbocycles. The van der Waals surface area contributed by atoms with Crippen LogP contribution in [0, 0.1) is 32.1 Å². The van der Waals surface area contributed by atoms with Gasteiger partial charge in [-0.3, -0.25) is 0 Å². The number of aryl methyl sites for hydroxylation is 1. The summed E-state index contributed by atoms with van der Waals surface area (Å²) in [6.45, 7) is 14.2. The van der Waals surface area contributed by atoms with Gasteiger partial charge < -0.3 is 5.73 Å². The average molecular weight is 312 g/mol. The third-order valence-corrected chi connectivity index (χ3v) is 6.10. The van der Waals surface area contributed by atoms with Gasteiger partial charge >= 0.3 is 0 Å². The zero-order chi connectivity index (χ0) is 16.6. The van der Waals surface area contributed by atoms with Crippen LogP contribution in [0.4, 0.5) is 5.69 Å². The molecule has 0 amide bonds. The predicted octanol–water partition coefficient (Wildman–Crippen LogP) is 3.15. The number of sulfonamides is 1. The van der Waals surface area contributed by atoms with Crippen LogP contribution in [-0.2, 0) is 10.0 Å². The second kappa shape index (κ2) is 5.97. The van der Waals surface area contributed by atoms with Crippen molar-refractivity contribution in [2.75, 3.05) is 12.3 Å². The Hall–Kier alpha value is -1.07. The van der Waals surface area contributed by atoms with Crippen LogP contribution < -0.4 is 10.5 Å². The van der Waals surface area contributed by atoms with Crippen molar-refractivity contribution in [2.24, 2.45) is 11.3 Å². The number of benzene rings is 1. The lowest BCUT2D eigenvalue weighted by Crippen LogP contribution is -2.34. The molecule has 0 spiro atoms. The van der Waals surface area contributed by atoms with E-state index in [2.05, 4.69) is 25.5 Å². The number of anilines is 1. The van der Waals surface area contributed by atoms with E-state index >= 15 is 0 Å². The third-order valence-electron chi connectivity index (χ3n) is 4.40. The molecule has 1 aromatic rings. The molecule has 120 valence electrons. The van der Waals surface area contributed by atoms with Crippen LogP contribution in [0.3, 0.4) is 0 Å². The van der Waals surface area contributed by atoms with Gasteiger partial charge in [0.05, 0.1) is 4.90 Å². The molecule has 0 fully saturated rings. The van der Waals surface area contributed by atoms with Crippen LogP contribution >= 0.6 is 0 Å². The zero-order valence-electron chi connectivity index (χ0n) is 14.2. The van der Waals surface area contributed by atoms with Gasteiger partial charge in [0.15, 0.2) is 0 Å². The van der Waals surface area contributed by atoms with Crippen molar-refractivity contribution in [3.63, 3.8) is 0 Å². The summed E-state index contributed by atoms with van der Waals surface area (Å²) >= 11 is 0. The zero-order valence-corrected chi connectivity index (χ0v) is 15.0. The molecular weight excluding hydrogens is 284 g/mol. The lowest BCUT2D eigenvalue weighted by molar-refractivity contribution is 0.263. The van der Waals surface area contributed by atoms with Gasteiger partial charge in [0.2, 0.25) is 10.0 Å². The van der Waals surface area contributed by atoms with E-state index in [0.29, 0.717) is 22.7 Å². The van der Waals surface area contributed by atoms with Crippen molar-refractivity contribution in [3.8, 4) is 0 Å². The van der Waals surface area contributed by atoms with Crippen molar-refractivity contribution < 1.29 is 8.42 Å². The first-order valence-corrected chi connectivity index (χ1v) is 8.72. The maximum atomic E-state index is 12.6. The first-order valence-electron chi connectivity index (χ1n) is 7.24. The summed E-state index contributed by atoms with van der Waals surface area (Å²) in [4.78, 5) is 0.320. The Morgan fingerprint density at radius 2 is 1.71 bits per heavy atom. The Balaban J connectivity index is 3.16. The third kappa shape index (κ3) is 3.98. The van der Waals surface area contributed by atoms with E-state index in [0.717, 1.165) is 11.1 Å². The minimum Gasteiger partial charge on any atom is -0.398 e. The maximum absolute atomic E-state index is 12.6. The summed E-state index contributed by atoms with van der Waals surface area (Å²) in [6.07, 6.45) is 0. The summed E-state index contributed by atoms with van der Waals surface area (Å²) in [5, 5.41) is 0. The highest BCUT2D eigenvalue weighted by molar-refractivity contribution is 7.89. The molecule has 0 aliphatic rings. The Kier molecular flexibility index (Phi) is 5.11. The molecule has 0 saturated heterocycles. The number of nitrogen functional groups attached to an aromatic ring is 1. The molecule has 1 atom stereocenters. The lowest BCUT2D eigenvalue weighted by Gasteiger charge is -2.27. The Bertz CT molecular complexity index is 602. The average Bonchev–Trinajstić information content (AvgIpc) is 2.32. The number of hydrogen-bond donors (Lipinski definition) is 2. The van der Waals surface area contributed by atoms with E-state index in [1.165, 1.54) is 0 Å². The van der Waals surface area contributed by atoms with Crippen LogP contribution in [0.5, 0.6) is 0 Å². The predicted molar refractivity (Wildman–Crippen MR) is 88.9 cm³/mol. The topological polar surface area (TPSA) is 72.2 Å². The number of nitrogens with two attached hydrogens (primary N) is 1. The summed E-state index contributed by atoms with van der Waals surface area (Å²) in [6, 6.07) is 1.82. The monoisotopic (exact) mass is 312 g/mol. The fraction of sp³-hybridized carbons (Fsp3) is 0.625. The Labute approximate surface area is 129 Å². The molecule has 0 heterocycles. The van der Waals surface area contributed by atoms with E-state index in [-0.39, 0.29) is 11.3 Å². The van der Waals surface area contributed by atoms with Gasteiger partial charge in [0, 0.05) is 12.2 Å². The minimum atomic E-state index is -3.55. The van der Waals surface area contributed by atoms with E-state index in [1.807, 2.05) is 26.8 Å². The molecule has 5 heteroatoms. The van der Waals surface area contributed by atoms with E-state index < -0.39 is 10.0 Å². The van der Waals surface area contributed by atoms with Crippen molar-refractivity contribution in [3.05, 3.63) is 22.8 Å². The molecule has 0 aliphatic heterocycles. The molecule has 0 aromatic heterocycles. The summed E-state index contributed by atoms with van der Waals surface area (Å²) < 4.78 is 28.0. The first kappa shape index (κ1) is 18.0. The molecule has 3 N–H and O–H groups in total. The minimum absolute atomic E-state index is 0.0538. The molecule has 0 radical (unpaired) electrons. The fourth-order valence-electron chi connectivity index (χ4n) is 2.06. The van der Waals surface area contributed by atoms with Crippen molar-refractivity contribution in [2.45, 2.75) is 53.4 Å². The van der Waals surface area contributed by atoms with Gasteiger partial charge in [-0.2, -0.15) is 0 Å². The normalized spacial score (nSPS) is 14.2. The van der Waals surface area contributed by atoms with Gasteiger partial charge in [-0.05, 0) is 54.9 Å².